The molecule has 0 radical (unpaired) electrons. The molecular weight excluding hydrogens is 374 g/mol. The lowest BCUT2D eigenvalue weighted by Gasteiger charge is -2.21. The number of thioether (sulfide) groups is 1. The molecule has 1 aromatic carbocycles. The lowest BCUT2D eigenvalue weighted by atomic mass is 10.3. The van der Waals surface area contributed by atoms with Crippen LogP contribution in [0.2, 0.25) is 0 Å². The van der Waals surface area contributed by atoms with Gasteiger partial charge < -0.3 is 9.88 Å². The van der Waals surface area contributed by atoms with Crippen molar-refractivity contribution in [3.63, 3.8) is 0 Å². The average molecular weight is 395 g/mol. The predicted molar refractivity (Wildman–Crippen MR) is 110 cm³/mol. The van der Waals surface area contributed by atoms with Crippen molar-refractivity contribution in [2.24, 2.45) is 0 Å². The summed E-state index contributed by atoms with van der Waals surface area (Å²) in [4.78, 5) is 34.2. The summed E-state index contributed by atoms with van der Waals surface area (Å²) in [5, 5.41) is 5.14. The highest BCUT2D eigenvalue weighted by atomic mass is 32.2. The Morgan fingerprint density at radius 2 is 2.14 bits per heavy atom. The van der Waals surface area contributed by atoms with Crippen molar-refractivity contribution in [2.75, 3.05) is 12.3 Å². The molecule has 2 heterocycles. The van der Waals surface area contributed by atoms with Crippen molar-refractivity contribution in [3.05, 3.63) is 58.7 Å². The first kappa shape index (κ1) is 18.5. The number of hydrogen-bond acceptors (Lipinski definition) is 5. The van der Waals surface area contributed by atoms with Gasteiger partial charge in [-0.1, -0.05) is 36.0 Å². The van der Waals surface area contributed by atoms with Crippen molar-refractivity contribution in [2.45, 2.75) is 31.3 Å². The number of rotatable bonds is 6. The third-order valence-electron chi connectivity index (χ3n) is 4.73. The van der Waals surface area contributed by atoms with Gasteiger partial charge in [-0.15, -0.1) is 0 Å². The van der Waals surface area contributed by atoms with E-state index in [1.165, 1.54) is 18.0 Å². The number of allylic oxidation sites excluding steroid dienone is 2. The van der Waals surface area contributed by atoms with Crippen molar-refractivity contribution in [1.29, 1.82) is 0 Å². The molecular formula is C20H21N5O2S. The van der Waals surface area contributed by atoms with Gasteiger partial charge in [-0.3, -0.25) is 9.59 Å². The van der Waals surface area contributed by atoms with Crippen LogP contribution in [0.15, 0.2) is 58.3 Å². The summed E-state index contributed by atoms with van der Waals surface area (Å²) in [5.41, 5.74) is 2.16. The molecule has 1 amide bonds. The fourth-order valence-electron chi connectivity index (χ4n) is 3.37. The van der Waals surface area contributed by atoms with Crippen molar-refractivity contribution < 1.29 is 4.79 Å². The lowest BCUT2D eigenvalue weighted by molar-refractivity contribution is -0.126. The summed E-state index contributed by atoms with van der Waals surface area (Å²) < 4.78 is 1.64. The molecule has 144 valence electrons. The van der Waals surface area contributed by atoms with Crippen LogP contribution in [0.5, 0.6) is 0 Å². The van der Waals surface area contributed by atoms with E-state index < -0.39 is 0 Å². The van der Waals surface area contributed by atoms with E-state index in [2.05, 4.69) is 21.1 Å². The molecule has 1 aliphatic carbocycles. The first-order valence-corrected chi connectivity index (χ1v) is 10.3. The number of nitrogens with zero attached hydrogens (tertiary/aromatic N) is 4. The molecule has 0 spiro atoms. The summed E-state index contributed by atoms with van der Waals surface area (Å²) in [5.74, 6) is 0.249. The number of hydrogen-bond donors (Lipinski definition) is 1. The smallest absolute Gasteiger partial charge is 0.262 e. The molecule has 0 atom stereocenters. The van der Waals surface area contributed by atoms with Gasteiger partial charge in [-0.2, -0.15) is 5.10 Å². The number of benzene rings is 1. The maximum absolute atomic E-state index is 12.6. The fraction of sp³-hybridized carbons (Fsp3) is 0.300. The van der Waals surface area contributed by atoms with Gasteiger partial charge in [0, 0.05) is 12.2 Å². The number of para-hydroxylation sites is 1. The number of carbonyl (C=O) groups excluding carboxylic acids is 1. The van der Waals surface area contributed by atoms with Gasteiger partial charge in [-0.05, 0) is 38.3 Å². The minimum atomic E-state index is -0.257. The number of nitrogens with one attached hydrogen (secondary N) is 1. The molecule has 0 saturated carbocycles. The molecule has 0 fully saturated rings. The third kappa shape index (κ3) is 3.60. The molecule has 0 unspecified atom stereocenters. The monoisotopic (exact) mass is 395 g/mol. The van der Waals surface area contributed by atoms with Crippen LogP contribution in [0.4, 0.5) is 0 Å². The minimum Gasteiger partial charge on any atom is -0.316 e. The lowest BCUT2D eigenvalue weighted by Crippen LogP contribution is -2.31. The number of fused-ring (bicyclic) bond motifs is 1. The van der Waals surface area contributed by atoms with E-state index in [0.717, 1.165) is 30.6 Å². The topological polar surface area (TPSA) is 83.9 Å². The van der Waals surface area contributed by atoms with Crippen LogP contribution < -0.4 is 5.56 Å². The van der Waals surface area contributed by atoms with E-state index in [1.807, 2.05) is 42.2 Å². The number of aromatic nitrogens is 4. The SMILES string of the molecule is CCN(C(=O)CSc1nc2c(cnn2-c2ccccc2)c(=O)[nH]1)C1=CCCC1. The summed E-state index contributed by atoms with van der Waals surface area (Å²) in [6, 6.07) is 9.53. The summed E-state index contributed by atoms with van der Waals surface area (Å²) >= 11 is 1.24. The quantitative estimate of drug-likeness (QED) is 0.512. The second kappa shape index (κ2) is 8.02. The van der Waals surface area contributed by atoms with E-state index >= 15 is 0 Å². The molecule has 0 aliphatic heterocycles. The van der Waals surface area contributed by atoms with Crippen LogP contribution in [-0.2, 0) is 4.79 Å². The van der Waals surface area contributed by atoms with Crippen LogP contribution >= 0.6 is 11.8 Å². The molecule has 8 heteroatoms. The minimum absolute atomic E-state index is 0.0277. The van der Waals surface area contributed by atoms with Gasteiger partial charge in [0.2, 0.25) is 5.91 Å². The Bertz CT molecular complexity index is 1090. The zero-order valence-electron chi connectivity index (χ0n) is 15.6. The highest BCUT2D eigenvalue weighted by Crippen LogP contribution is 2.23. The van der Waals surface area contributed by atoms with Gasteiger partial charge in [0.15, 0.2) is 10.8 Å². The van der Waals surface area contributed by atoms with Crippen molar-refractivity contribution >= 4 is 28.7 Å². The van der Waals surface area contributed by atoms with Gasteiger partial charge in [0.1, 0.15) is 5.39 Å². The summed E-state index contributed by atoms with van der Waals surface area (Å²) in [6.07, 6.45) is 6.72. The Kier molecular flexibility index (Phi) is 5.29. The van der Waals surface area contributed by atoms with Gasteiger partial charge in [-0.25, -0.2) is 9.67 Å². The molecule has 7 nitrogen and oxygen atoms in total. The highest BCUT2D eigenvalue weighted by molar-refractivity contribution is 7.99. The van der Waals surface area contributed by atoms with Crippen LogP contribution in [0, 0.1) is 0 Å². The average Bonchev–Trinajstić information content (AvgIpc) is 3.38. The van der Waals surface area contributed by atoms with E-state index in [1.54, 1.807) is 4.68 Å². The van der Waals surface area contributed by atoms with E-state index in [4.69, 9.17) is 0 Å². The molecule has 0 bridgehead atoms. The molecule has 28 heavy (non-hydrogen) atoms. The maximum atomic E-state index is 12.6. The van der Waals surface area contributed by atoms with Gasteiger partial charge in [0.25, 0.3) is 5.56 Å². The van der Waals surface area contributed by atoms with Crippen molar-refractivity contribution in [1.82, 2.24) is 24.6 Å². The van der Waals surface area contributed by atoms with Crippen LogP contribution in [-0.4, -0.2) is 42.9 Å². The number of carbonyl (C=O) groups is 1. The first-order valence-electron chi connectivity index (χ1n) is 9.33. The second-order valence-electron chi connectivity index (χ2n) is 6.51. The van der Waals surface area contributed by atoms with Gasteiger partial charge in [0.05, 0.1) is 17.6 Å². The molecule has 0 saturated heterocycles. The molecule has 2 aromatic heterocycles. The molecule has 1 aliphatic rings. The highest BCUT2D eigenvalue weighted by Gasteiger charge is 2.19. The van der Waals surface area contributed by atoms with Crippen LogP contribution in [0.1, 0.15) is 26.2 Å². The third-order valence-corrected chi connectivity index (χ3v) is 5.59. The zero-order valence-corrected chi connectivity index (χ0v) is 16.4. The number of aromatic amines is 1. The normalized spacial score (nSPS) is 13.7. The predicted octanol–water partition coefficient (Wildman–Crippen LogP) is 3.12. The van der Waals surface area contributed by atoms with Crippen molar-refractivity contribution in [3.8, 4) is 5.69 Å². The van der Waals surface area contributed by atoms with E-state index in [9.17, 15) is 9.59 Å². The molecule has 3 aromatic rings. The Balaban J connectivity index is 1.57. The second-order valence-corrected chi connectivity index (χ2v) is 7.48. The molecule has 1 N–H and O–H groups in total. The summed E-state index contributed by atoms with van der Waals surface area (Å²) in [6.45, 7) is 2.63. The summed E-state index contributed by atoms with van der Waals surface area (Å²) in [7, 11) is 0. The standard InChI is InChI=1S/C20H21N5O2S/c1-2-24(14-8-6-7-9-14)17(26)13-28-20-22-18-16(19(27)23-20)12-21-25(18)15-10-4-3-5-11-15/h3-5,8,10-12H,2,6-7,9,13H2,1H3,(H,22,23,27). The zero-order chi connectivity index (χ0) is 19.5. The largest absolute Gasteiger partial charge is 0.316 e. The van der Waals surface area contributed by atoms with E-state index in [-0.39, 0.29) is 17.2 Å². The number of H-pyrrole nitrogens is 1. The van der Waals surface area contributed by atoms with E-state index in [0.29, 0.717) is 22.7 Å². The Labute approximate surface area is 166 Å². The van der Waals surface area contributed by atoms with Crippen LogP contribution in [0.25, 0.3) is 16.7 Å². The Morgan fingerprint density at radius 1 is 1.32 bits per heavy atom. The first-order chi connectivity index (χ1) is 13.7. The Hall–Kier alpha value is -2.87. The van der Waals surface area contributed by atoms with Crippen LogP contribution in [0.3, 0.4) is 0 Å². The maximum Gasteiger partial charge on any atom is 0.262 e. The Morgan fingerprint density at radius 3 is 2.86 bits per heavy atom. The van der Waals surface area contributed by atoms with Gasteiger partial charge >= 0.3 is 0 Å². The fourth-order valence-corrected chi connectivity index (χ4v) is 4.10. The number of amides is 1. The molecule has 4 rings (SSSR count).